The van der Waals surface area contributed by atoms with Gasteiger partial charge in [0.15, 0.2) is 0 Å². The van der Waals surface area contributed by atoms with Crippen molar-refractivity contribution in [2.75, 3.05) is 45.9 Å². The molecule has 1 atom stereocenters. The molecule has 0 aliphatic carbocycles. The van der Waals surface area contributed by atoms with E-state index in [-0.39, 0.29) is 30.3 Å². The smallest absolute Gasteiger partial charge is 0.328 e. The lowest BCUT2D eigenvalue weighted by molar-refractivity contribution is -0.157. The molecule has 0 bridgehead atoms. The highest BCUT2D eigenvalue weighted by atomic mass is 35.5. The third-order valence-corrected chi connectivity index (χ3v) is 4.17. The highest BCUT2D eigenvalue weighted by molar-refractivity contribution is 5.86. The Hall–Kier alpha value is -0.850. The first-order chi connectivity index (χ1) is 10.2. The Kier molecular flexibility index (Phi) is 8.75. The molecule has 0 radical (unpaired) electrons. The molecule has 2 fully saturated rings. The van der Waals surface area contributed by atoms with Gasteiger partial charge in [-0.3, -0.25) is 9.69 Å². The van der Waals surface area contributed by atoms with E-state index in [9.17, 15) is 9.59 Å². The van der Waals surface area contributed by atoms with E-state index in [1.807, 2.05) is 0 Å². The van der Waals surface area contributed by atoms with Crippen LogP contribution in [0.15, 0.2) is 0 Å². The second kappa shape index (κ2) is 10.0. The van der Waals surface area contributed by atoms with Gasteiger partial charge in [0.1, 0.15) is 6.04 Å². The summed E-state index contributed by atoms with van der Waals surface area (Å²) in [6.45, 7) is 7.03. The van der Waals surface area contributed by atoms with E-state index in [1.165, 1.54) is 0 Å². The molecule has 1 N–H and O–H groups in total. The van der Waals surface area contributed by atoms with Crippen molar-refractivity contribution < 1.29 is 14.3 Å². The van der Waals surface area contributed by atoms with Crippen LogP contribution in [0.25, 0.3) is 0 Å². The number of carbonyl (C=O) groups excluding carboxylic acids is 2. The van der Waals surface area contributed by atoms with Gasteiger partial charge in [-0.25, -0.2) is 4.79 Å². The Bertz CT molecular complexity index is 360. The summed E-state index contributed by atoms with van der Waals surface area (Å²) in [6, 6.07) is -0.378. The molecule has 0 saturated carbocycles. The summed E-state index contributed by atoms with van der Waals surface area (Å²) >= 11 is 0. The van der Waals surface area contributed by atoms with Crippen LogP contribution < -0.4 is 5.32 Å². The Morgan fingerprint density at radius 2 is 1.95 bits per heavy atom. The quantitative estimate of drug-likeness (QED) is 0.765. The molecule has 0 aromatic heterocycles. The Labute approximate surface area is 138 Å². The van der Waals surface area contributed by atoms with E-state index in [0.717, 1.165) is 51.9 Å². The van der Waals surface area contributed by atoms with Crippen molar-refractivity contribution in [1.29, 1.82) is 0 Å². The molecule has 1 unspecified atom stereocenters. The maximum atomic E-state index is 12.6. The van der Waals surface area contributed by atoms with Crippen molar-refractivity contribution in [3.8, 4) is 0 Å². The topological polar surface area (TPSA) is 61.9 Å². The first-order valence-corrected chi connectivity index (χ1v) is 8.11. The monoisotopic (exact) mass is 333 g/mol. The summed E-state index contributed by atoms with van der Waals surface area (Å²) in [7, 11) is 0. The minimum absolute atomic E-state index is 0. The van der Waals surface area contributed by atoms with Crippen molar-refractivity contribution in [2.45, 2.75) is 38.6 Å². The standard InChI is InChI=1S/C15H27N3O3.ClH/c1-2-21-15(20)13-6-3-4-10-18(13)14(19)12-17-9-5-7-16-8-11-17;/h13,16H,2-12H2,1H3;1H. The van der Waals surface area contributed by atoms with Crippen LogP contribution in [-0.4, -0.2) is 73.6 Å². The van der Waals surface area contributed by atoms with Crippen molar-refractivity contribution in [3.05, 3.63) is 0 Å². The molecule has 1 amide bonds. The van der Waals surface area contributed by atoms with E-state index < -0.39 is 0 Å². The number of likely N-dealkylation sites (tertiary alicyclic amines) is 1. The van der Waals surface area contributed by atoms with Crippen molar-refractivity contribution in [3.63, 3.8) is 0 Å². The summed E-state index contributed by atoms with van der Waals surface area (Å²) in [4.78, 5) is 28.5. The van der Waals surface area contributed by atoms with Gasteiger partial charge in [0.2, 0.25) is 5.91 Å². The third kappa shape index (κ3) is 5.41. The van der Waals surface area contributed by atoms with Gasteiger partial charge < -0.3 is 15.0 Å². The first kappa shape index (κ1) is 19.2. The molecular formula is C15H28ClN3O3. The fourth-order valence-corrected chi connectivity index (χ4v) is 3.06. The Balaban J connectivity index is 0.00000242. The molecule has 0 spiro atoms. The zero-order valence-electron chi connectivity index (χ0n) is 13.4. The highest BCUT2D eigenvalue weighted by Gasteiger charge is 2.33. The normalized spacial score (nSPS) is 23.3. The van der Waals surface area contributed by atoms with Crippen LogP contribution in [0.2, 0.25) is 0 Å². The van der Waals surface area contributed by atoms with Gasteiger partial charge in [-0.2, -0.15) is 0 Å². The van der Waals surface area contributed by atoms with Gasteiger partial charge >= 0.3 is 5.97 Å². The maximum absolute atomic E-state index is 12.6. The zero-order valence-corrected chi connectivity index (χ0v) is 14.2. The van der Waals surface area contributed by atoms with Crippen molar-refractivity contribution in [2.24, 2.45) is 0 Å². The number of halogens is 1. The lowest BCUT2D eigenvalue weighted by Crippen LogP contribution is -2.52. The molecule has 128 valence electrons. The van der Waals surface area contributed by atoms with E-state index in [4.69, 9.17) is 4.74 Å². The van der Waals surface area contributed by atoms with Crippen LogP contribution in [0.1, 0.15) is 32.6 Å². The number of nitrogens with one attached hydrogen (secondary N) is 1. The van der Waals surface area contributed by atoms with Gasteiger partial charge in [0.05, 0.1) is 13.2 Å². The second-order valence-corrected chi connectivity index (χ2v) is 5.73. The summed E-state index contributed by atoms with van der Waals surface area (Å²) in [5, 5.41) is 3.33. The average molecular weight is 334 g/mol. The van der Waals surface area contributed by atoms with Gasteiger partial charge in [-0.15, -0.1) is 12.4 Å². The minimum Gasteiger partial charge on any atom is -0.464 e. The third-order valence-electron chi connectivity index (χ3n) is 4.17. The number of nitrogens with zero attached hydrogens (tertiary/aromatic N) is 2. The minimum atomic E-state index is -0.378. The first-order valence-electron chi connectivity index (χ1n) is 8.11. The number of esters is 1. The molecule has 2 aliphatic heterocycles. The lowest BCUT2D eigenvalue weighted by Gasteiger charge is -2.35. The number of hydrogen-bond donors (Lipinski definition) is 1. The SMILES string of the molecule is CCOC(=O)C1CCCCN1C(=O)CN1CCCNCC1.Cl. The van der Waals surface area contributed by atoms with Crippen molar-refractivity contribution in [1.82, 2.24) is 15.1 Å². The molecule has 2 rings (SSSR count). The number of piperidine rings is 1. The summed E-state index contributed by atoms with van der Waals surface area (Å²) < 4.78 is 5.12. The van der Waals surface area contributed by atoms with E-state index in [2.05, 4.69) is 10.2 Å². The molecule has 7 heteroatoms. The van der Waals surface area contributed by atoms with Crippen LogP contribution in [0.3, 0.4) is 0 Å². The number of hydrogen-bond acceptors (Lipinski definition) is 5. The predicted octanol–water partition coefficient (Wildman–Crippen LogP) is 0.648. The maximum Gasteiger partial charge on any atom is 0.328 e. The van der Waals surface area contributed by atoms with Gasteiger partial charge in [0.25, 0.3) is 0 Å². The fourth-order valence-electron chi connectivity index (χ4n) is 3.06. The molecular weight excluding hydrogens is 306 g/mol. The number of ether oxygens (including phenoxy) is 1. The molecule has 2 saturated heterocycles. The summed E-state index contributed by atoms with van der Waals surface area (Å²) in [5.41, 5.74) is 0. The van der Waals surface area contributed by atoms with Crippen molar-refractivity contribution >= 4 is 24.3 Å². The van der Waals surface area contributed by atoms with Crippen LogP contribution in [-0.2, 0) is 14.3 Å². The highest BCUT2D eigenvalue weighted by Crippen LogP contribution is 2.19. The van der Waals surface area contributed by atoms with Crippen LogP contribution in [0, 0.1) is 0 Å². The van der Waals surface area contributed by atoms with E-state index in [1.54, 1.807) is 11.8 Å². The van der Waals surface area contributed by atoms with Crippen LogP contribution in [0.5, 0.6) is 0 Å². The van der Waals surface area contributed by atoms with Gasteiger partial charge in [0, 0.05) is 19.6 Å². The number of carbonyl (C=O) groups is 2. The average Bonchev–Trinajstić information content (AvgIpc) is 2.76. The molecule has 22 heavy (non-hydrogen) atoms. The molecule has 6 nitrogen and oxygen atoms in total. The molecule has 0 aromatic carbocycles. The number of rotatable bonds is 4. The summed E-state index contributed by atoms with van der Waals surface area (Å²) in [5.74, 6) is -0.183. The lowest BCUT2D eigenvalue weighted by atomic mass is 10.0. The summed E-state index contributed by atoms with van der Waals surface area (Å²) in [6.07, 6.45) is 3.75. The Morgan fingerprint density at radius 1 is 1.14 bits per heavy atom. The molecule has 0 aromatic rings. The Morgan fingerprint density at radius 3 is 2.73 bits per heavy atom. The fraction of sp³-hybridized carbons (Fsp3) is 0.867. The van der Waals surface area contributed by atoms with E-state index in [0.29, 0.717) is 19.7 Å². The zero-order chi connectivity index (χ0) is 15.1. The van der Waals surface area contributed by atoms with Crippen LogP contribution in [0.4, 0.5) is 0 Å². The van der Waals surface area contributed by atoms with E-state index >= 15 is 0 Å². The van der Waals surface area contributed by atoms with Gasteiger partial charge in [-0.1, -0.05) is 0 Å². The largest absolute Gasteiger partial charge is 0.464 e. The second-order valence-electron chi connectivity index (χ2n) is 5.73. The number of amides is 1. The van der Waals surface area contributed by atoms with Crippen LogP contribution >= 0.6 is 12.4 Å². The molecule has 2 heterocycles. The molecule has 2 aliphatic rings. The predicted molar refractivity (Wildman–Crippen MR) is 87.2 cm³/mol. The van der Waals surface area contributed by atoms with Gasteiger partial charge in [-0.05, 0) is 45.7 Å².